The van der Waals surface area contributed by atoms with Crippen LogP contribution in [0.3, 0.4) is 0 Å². The van der Waals surface area contributed by atoms with E-state index >= 15 is 0 Å². The van der Waals surface area contributed by atoms with Crippen LogP contribution in [-0.2, 0) is 5.60 Å². The molecular weight excluding hydrogens is 337 g/mol. The summed E-state index contributed by atoms with van der Waals surface area (Å²) in [6.07, 6.45) is 5.76. The molecule has 136 valence electrons. The molecule has 1 N–H and O–H groups in total. The number of hydrogen-bond donors (Lipinski definition) is 1. The molecule has 3 aliphatic rings. The molecule has 1 saturated carbocycles. The van der Waals surface area contributed by atoms with E-state index in [2.05, 4.69) is 10.1 Å². The van der Waals surface area contributed by atoms with Gasteiger partial charge in [0.2, 0.25) is 5.95 Å². The van der Waals surface area contributed by atoms with E-state index in [1.54, 1.807) is 18.2 Å². The lowest BCUT2D eigenvalue weighted by atomic mass is 9.81. The lowest BCUT2D eigenvalue weighted by Crippen LogP contribution is -2.52. The minimum Gasteiger partial charge on any atom is -0.385 e. The first-order valence-electron chi connectivity index (χ1n) is 9.18. The average Bonchev–Trinajstić information content (AvgIpc) is 3.28. The van der Waals surface area contributed by atoms with Crippen LogP contribution in [0.2, 0.25) is 0 Å². The van der Waals surface area contributed by atoms with Crippen LogP contribution >= 0.6 is 0 Å². The molecule has 0 spiro atoms. The average molecular weight is 357 g/mol. The van der Waals surface area contributed by atoms with Crippen molar-refractivity contribution >= 4 is 5.91 Å². The fraction of sp³-hybridized carbons (Fsp3) is 0.526. The van der Waals surface area contributed by atoms with Crippen molar-refractivity contribution < 1.29 is 18.8 Å². The van der Waals surface area contributed by atoms with E-state index in [9.17, 15) is 14.3 Å². The van der Waals surface area contributed by atoms with E-state index in [0.717, 1.165) is 31.4 Å². The Morgan fingerprint density at radius 3 is 2.65 bits per heavy atom. The van der Waals surface area contributed by atoms with Gasteiger partial charge in [0.15, 0.2) is 5.69 Å². The Labute approximate surface area is 150 Å². The third-order valence-electron chi connectivity index (χ3n) is 5.99. The molecule has 0 unspecified atom stereocenters. The molecule has 4 heterocycles. The summed E-state index contributed by atoms with van der Waals surface area (Å²) in [5, 5.41) is 15.1. The molecule has 2 aliphatic heterocycles. The maximum absolute atomic E-state index is 14.1. The Kier molecular flexibility index (Phi) is 3.44. The highest BCUT2D eigenvalue weighted by atomic mass is 19.1. The monoisotopic (exact) mass is 357 g/mol. The van der Waals surface area contributed by atoms with Crippen LogP contribution in [0.15, 0.2) is 28.9 Å². The number of fused-ring (bicyclic) bond motifs is 2. The van der Waals surface area contributed by atoms with E-state index in [0.29, 0.717) is 24.5 Å². The van der Waals surface area contributed by atoms with Crippen molar-refractivity contribution in [2.75, 3.05) is 0 Å². The minimum absolute atomic E-state index is 0.132. The zero-order valence-corrected chi connectivity index (χ0v) is 14.3. The van der Waals surface area contributed by atoms with Crippen LogP contribution in [0.4, 0.5) is 4.39 Å². The summed E-state index contributed by atoms with van der Waals surface area (Å²) in [5.41, 5.74) is -0.729. The molecule has 2 bridgehead atoms. The molecule has 2 saturated heterocycles. The molecule has 26 heavy (non-hydrogen) atoms. The van der Waals surface area contributed by atoms with Crippen LogP contribution in [0.5, 0.6) is 0 Å². The van der Waals surface area contributed by atoms with Gasteiger partial charge in [-0.3, -0.25) is 4.79 Å². The van der Waals surface area contributed by atoms with Crippen molar-refractivity contribution in [1.29, 1.82) is 0 Å². The summed E-state index contributed by atoms with van der Waals surface area (Å²) in [5.74, 6) is 0.397. The number of aromatic nitrogens is 2. The van der Waals surface area contributed by atoms with Gasteiger partial charge in [-0.2, -0.15) is 4.39 Å². The quantitative estimate of drug-likeness (QED) is 0.855. The van der Waals surface area contributed by atoms with Crippen LogP contribution < -0.4 is 0 Å². The van der Waals surface area contributed by atoms with Gasteiger partial charge in [0.25, 0.3) is 5.91 Å². The number of amides is 1. The van der Waals surface area contributed by atoms with Gasteiger partial charge in [0.05, 0.1) is 5.60 Å². The number of rotatable bonds is 3. The highest BCUT2D eigenvalue weighted by Gasteiger charge is 2.51. The Bertz CT molecular complexity index is 849. The van der Waals surface area contributed by atoms with Gasteiger partial charge < -0.3 is 14.5 Å². The first-order chi connectivity index (χ1) is 12.5. The molecule has 3 fully saturated rings. The van der Waals surface area contributed by atoms with Crippen LogP contribution in [-0.4, -0.2) is 38.1 Å². The molecule has 2 aromatic rings. The van der Waals surface area contributed by atoms with Gasteiger partial charge in [0.1, 0.15) is 5.76 Å². The van der Waals surface area contributed by atoms with E-state index in [1.807, 2.05) is 4.90 Å². The predicted molar refractivity (Wildman–Crippen MR) is 88.8 cm³/mol. The van der Waals surface area contributed by atoms with Crippen LogP contribution in [0.25, 0.3) is 0 Å². The van der Waals surface area contributed by atoms with E-state index in [-0.39, 0.29) is 23.6 Å². The molecule has 5 rings (SSSR count). The molecule has 0 radical (unpaired) electrons. The van der Waals surface area contributed by atoms with Gasteiger partial charge in [-0.05, 0) is 31.7 Å². The summed E-state index contributed by atoms with van der Waals surface area (Å²) in [6.45, 7) is 0. The number of hydrogen-bond acceptors (Lipinski definition) is 5. The summed E-state index contributed by atoms with van der Waals surface area (Å²) in [4.78, 5) is 18.5. The second kappa shape index (κ2) is 5.61. The van der Waals surface area contributed by atoms with Gasteiger partial charge in [0, 0.05) is 48.7 Å². The number of nitrogens with zero attached hydrogens (tertiary/aromatic N) is 3. The SMILES string of the molecule is O=C(c1cc(C2CC2)on1)N1[C@@H]2CC[C@@H]1CC(O)(c1cccnc1F)C2. The van der Waals surface area contributed by atoms with Crippen molar-refractivity contribution in [3.05, 3.63) is 47.4 Å². The van der Waals surface area contributed by atoms with E-state index in [4.69, 9.17) is 4.52 Å². The number of piperidine rings is 1. The van der Waals surface area contributed by atoms with Crippen LogP contribution in [0.1, 0.15) is 66.3 Å². The second-order valence-corrected chi connectivity index (χ2v) is 7.77. The third-order valence-corrected chi connectivity index (χ3v) is 5.99. The largest absolute Gasteiger partial charge is 0.385 e. The highest BCUT2D eigenvalue weighted by Crippen LogP contribution is 2.47. The van der Waals surface area contributed by atoms with Crippen molar-refractivity contribution in [2.45, 2.75) is 62.1 Å². The number of carbonyl (C=O) groups excluding carboxylic acids is 1. The molecule has 6 nitrogen and oxygen atoms in total. The van der Waals surface area contributed by atoms with Crippen molar-refractivity contribution in [2.24, 2.45) is 0 Å². The molecule has 1 aliphatic carbocycles. The zero-order chi connectivity index (χ0) is 17.9. The third kappa shape index (κ3) is 2.45. The fourth-order valence-corrected chi connectivity index (χ4v) is 4.59. The Hall–Kier alpha value is -2.28. The normalized spacial score (nSPS) is 30.6. The molecule has 1 amide bonds. The maximum Gasteiger partial charge on any atom is 0.276 e. The Balaban J connectivity index is 1.40. The van der Waals surface area contributed by atoms with E-state index in [1.165, 1.54) is 6.20 Å². The second-order valence-electron chi connectivity index (χ2n) is 7.77. The number of pyridine rings is 1. The number of halogens is 1. The smallest absolute Gasteiger partial charge is 0.276 e. The summed E-state index contributed by atoms with van der Waals surface area (Å²) >= 11 is 0. The summed E-state index contributed by atoms with van der Waals surface area (Å²) in [7, 11) is 0. The van der Waals surface area contributed by atoms with Gasteiger partial charge >= 0.3 is 0 Å². The molecule has 2 aromatic heterocycles. The van der Waals surface area contributed by atoms with Crippen molar-refractivity contribution in [3.63, 3.8) is 0 Å². The first-order valence-corrected chi connectivity index (χ1v) is 9.18. The van der Waals surface area contributed by atoms with Crippen molar-refractivity contribution in [3.8, 4) is 0 Å². The van der Waals surface area contributed by atoms with Crippen molar-refractivity contribution in [1.82, 2.24) is 15.0 Å². The molecule has 7 heteroatoms. The standard InChI is InChI=1S/C19H20FN3O3/c20-17-14(2-1-7-21-17)19(25)9-12-5-6-13(10-19)23(12)18(24)15-8-16(26-22-15)11-3-4-11/h1-2,7-8,11-13,25H,3-6,9-10H2/t12-,13-/m1/s1. The van der Waals surface area contributed by atoms with Gasteiger partial charge in [-0.1, -0.05) is 11.2 Å². The highest BCUT2D eigenvalue weighted by molar-refractivity contribution is 5.93. The topological polar surface area (TPSA) is 79.5 Å². The first kappa shape index (κ1) is 15.9. The predicted octanol–water partition coefficient (Wildman–Crippen LogP) is 2.74. The van der Waals surface area contributed by atoms with Gasteiger partial charge in [-0.15, -0.1) is 0 Å². The zero-order valence-electron chi connectivity index (χ0n) is 14.3. The summed E-state index contributed by atoms with van der Waals surface area (Å²) in [6, 6.07) is 4.70. The van der Waals surface area contributed by atoms with Gasteiger partial charge in [-0.25, -0.2) is 4.98 Å². The van der Waals surface area contributed by atoms with E-state index < -0.39 is 11.5 Å². The molecular formula is C19H20FN3O3. The number of aliphatic hydroxyl groups is 1. The Morgan fingerprint density at radius 2 is 2.00 bits per heavy atom. The molecule has 2 atom stereocenters. The lowest BCUT2D eigenvalue weighted by molar-refractivity contribution is -0.0506. The summed E-state index contributed by atoms with van der Waals surface area (Å²) < 4.78 is 19.4. The fourth-order valence-electron chi connectivity index (χ4n) is 4.59. The lowest BCUT2D eigenvalue weighted by Gasteiger charge is -2.43. The Morgan fingerprint density at radius 1 is 1.27 bits per heavy atom. The minimum atomic E-state index is -1.29. The maximum atomic E-state index is 14.1. The number of carbonyl (C=O) groups is 1. The molecule has 0 aromatic carbocycles. The van der Waals surface area contributed by atoms with Crippen LogP contribution in [0, 0.1) is 5.95 Å².